The first-order valence-electron chi connectivity index (χ1n) is 9.16. The summed E-state index contributed by atoms with van der Waals surface area (Å²) in [5.74, 6) is -0.804. The van der Waals surface area contributed by atoms with Crippen LogP contribution in [0.15, 0.2) is 34.5 Å². The van der Waals surface area contributed by atoms with Crippen LogP contribution in [0.25, 0.3) is 0 Å². The Hall–Kier alpha value is -2.26. The van der Waals surface area contributed by atoms with E-state index in [0.29, 0.717) is 23.4 Å². The smallest absolute Gasteiger partial charge is 0.231 e. The number of nitrogens with one attached hydrogen (secondary N) is 1. The van der Waals surface area contributed by atoms with Gasteiger partial charge in [-0.1, -0.05) is 17.7 Å². The predicted molar refractivity (Wildman–Crippen MR) is 106 cm³/mol. The number of hydrogen-bond acceptors (Lipinski definition) is 6. The van der Waals surface area contributed by atoms with E-state index in [1.54, 1.807) is 34.5 Å². The van der Waals surface area contributed by atoms with Gasteiger partial charge in [0.25, 0.3) is 0 Å². The van der Waals surface area contributed by atoms with Crippen LogP contribution in [0.4, 0.5) is 5.13 Å². The number of aryl methyl sites for hydroxylation is 1. The van der Waals surface area contributed by atoms with E-state index in [4.69, 9.17) is 0 Å². The first-order valence-corrected chi connectivity index (χ1v) is 11.7. The van der Waals surface area contributed by atoms with Crippen molar-refractivity contribution in [2.75, 3.05) is 11.9 Å². The van der Waals surface area contributed by atoms with Gasteiger partial charge < -0.3 is 10.2 Å². The van der Waals surface area contributed by atoms with E-state index in [1.165, 1.54) is 11.3 Å². The van der Waals surface area contributed by atoms with E-state index in [-0.39, 0.29) is 34.8 Å². The van der Waals surface area contributed by atoms with Gasteiger partial charge in [-0.05, 0) is 31.9 Å². The van der Waals surface area contributed by atoms with Crippen LogP contribution in [-0.2, 0) is 25.2 Å². The molecule has 1 N–H and O–H groups in total. The number of hydrogen-bond donors (Lipinski definition) is 1. The third-order valence-electron chi connectivity index (χ3n) is 5.02. The summed E-state index contributed by atoms with van der Waals surface area (Å²) >= 11 is 1.19. The fourth-order valence-electron chi connectivity index (χ4n) is 3.31. The molecule has 1 saturated heterocycles. The quantitative estimate of drug-likeness (QED) is 0.775. The predicted octanol–water partition coefficient (Wildman–Crippen LogP) is 2.37. The van der Waals surface area contributed by atoms with E-state index < -0.39 is 9.84 Å². The molecule has 0 bridgehead atoms. The topological polar surface area (TPSA) is 96.4 Å². The summed E-state index contributed by atoms with van der Waals surface area (Å²) in [7, 11) is -3.50. The van der Waals surface area contributed by atoms with E-state index >= 15 is 0 Å². The lowest BCUT2D eigenvalue weighted by molar-refractivity contribution is -0.128. The van der Waals surface area contributed by atoms with Gasteiger partial charge in [0.2, 0.25) is 11.8 Å². The molecule has 2 aliphatic rings. The van der Waals surface area contributed by atoms with Crippen LogP contribution in [0.2, 0.25) is 0 Å². The molecule has 2 amide bonds. The monoisotopic (exact) mass is 419 g/mol. The Morgan fingerprint density at radius 2 is 2.00 bits per heavy atom. The fraction of sp³-hybridized carbons (Fsp3) is 0.421. The van der Waals surface area contributed by atoms with Gasteiger partial charge in [0, 0.05) is 24.4 Å². The Morgan fingerprint density at radius 1 is 1.29 bits per heavy atom. The second-order valence-electron chi connectivity index (χ2n) is 7.38. The summed E-state index contributed by atoms with van der Waals surface area (Å²) in [4.78, 5) is 30.8. The maximum absolute atomic E-state index is 12.5. The third-order valence-corrected chi connectivity index (χ3v) is 7.49. The molecule has 1 aromatic carbocycles. The summed E-state index contributed by atoms with van der Waals surface area (Å²) in [6.07, 6.45) is 2.26. The minimum atomic E-state index is -3.50. The summed E-state index contributed by atoms with van der Waals surface area (Å²) < 4.78 is 25.1. The second kappa shape index (κ2) is 7.29. The standard InChI is InChI=1S/C19H21N3O4S2/c1-12-2-6-16(7-3-12)28(25,26)11-14-10-27-19(20-14)21-18(24)13-8-17(23)22(9-13)15-4-5-15/h2-3,6-7,10,13,15H,4-5,8-9,11H2,1H3,(H,20,21,24). The molecule has 1 aromatic heterocycles. The number of thiazole rings is 1. The first kappa shape index (κ1) is 19.1. The van der Waals surface area contributed by atoms with Gasteiger partial charge in [-0.15, -0.1) is 11.3 Å². The van der Waals surface area contributed by atoms with Crippen LogP contribution >= 0.6 is 11.3 Å². The number of aromatic nitrogens is 1. The zero-order valence-electron chi connectivity index (χ0n) is 15.4. The highest BCUT2D eigenvalue weighted by Gasteiger charge is 2.41. The molecular formula is C19H21N3O4S2. The number of benzene rings is 1. The lowest BCUT2D eigenvalue weighted by atomic mass is 10.1. The highest BCUT2D eigenvalue weighted by molar-refractivity contribution is 7.90. The number of nitrogens with zero attached hydrogens (tertiary/aromatic N) is 2. The van der Waals surface area contributed by atoms with Crippen molar-refractivity contribution in [2.24, 2.45) is 5.92 Å². The molecule has 2 heterocycles. The minimum Gasteiger partial charge on any atom is -0.339 e. The van der Waals surface area contributed by atoms with Crippen LogP contribution in [0, 0.1) is 12.8 Å². The molecule has 2 aromatic rings. The molecule has 1 aliphatic heterocycles. The van der Waals surface area contributed by atoms with Gasteiger partial charge in [-0.25, -0.2) is 13.4 Å². The largest absolute Gasteiger partial charge is 0.339 e. The Labute approximate surface area is 167 Å². The summed E-state index contributed by atoms with van der Waals surface area (Å²) in [6.45, 7) is 2.35. The first-order chi connectivity index (χ1) is 13.3. The zero-order chi connectivity index (χ0) is 19.9. The Morgan fingerprint density at radius 3 is 2.68 bits per heavy atom. The highest BCUT2D eigenvalue weighted by atomic mass is 32.2. The van der Waals surface area contributed by atoms with E-state index in [0.717, 1.165) is 18.4 Å². The average Bonchev–Trinajstić information content (AvgIpc) is 3.28. The van der Waals surface area contributed by atoms with Crippen LogP contribution in [0.3, 0.4) is 0 Å². The number of likely N-dealkylation sites (tertiary alicyclic amines) is 1. The van der Waals surface area contributed by atoms with Crippen molar-refractivity contribution in [3.05, 3.63) is 40.9 Å². The van der Waals surface area contributed by atoms with Gasteiger partial charge in [0.05, 0.1) is 22.3 Å². The van der Waals surface area contributed by atoms with E-state index in [1.807, 2.05) is 6.92 Å². The van der Waals surface area contributed by atoms with E-state index in [9.17, 15) is 18.0 Å². The van der Waals surface area contributed by atoms with Crippen LogP contribution in [-0.4, -0.2) is 42.7 Å². The van der Waals surface area contributed by atoms with Crippen LogP contribution in [0.5, 0.6) is 0 Å². The summed E-state index contributed by atoms with van der Waals surface area (Å²) in [6, 6.07) is 7.00. The molecule has 1 unspecified atom stereocenters. The third kappa shape index (κ3) is 4.10. The number of carbonyl (C=O) groups is 2. The lowest BCUT2D eigenvalue weighted by Crippen LogP contribution is -2.29. The van der Waals surface area contributed by atoms with Gasteiger partial charge in [0.15, 0.2) is 15.0 Å². The van der Waals surface area contributed by atoms with Crippen molar-refractivity contribution < 1.29 is 18.0 Å². The van der Waals surface area contributed by atoms with E-state index in [2.05, 4.69) is 10.3 Å². The van der Waals surface area contributed by atoms with Gasteiger partial charge in [-0.3, -0.25) is 9.59 Å². The minimum absolute atomic E-state index is 0.0340. The maximum atomic E-state index is 12.5. The zero-order valence-corrected chi connectivity index (χ0v) is 17.1. The van der Waals surface area contributed by atoms with Gasteiger partial charge in [0.1, 0.15) is 0 Å². The van der Waals surface area contributed by atoms with Crippen molar-refractivity contribution in [3.8, 4) is 0 Å². The normalized spacial score (nSPS) is 19.8. The van der Waals surface area contributed by atoms with Gasteiger partial charge in [-0.2, -0.15) is 0 Å². The lowest BCUT2D eigenvalue weighted by Gasteiger charge is -2.14. The number of sulfone groups is 1. The fourth-order valence-corrected chi connectivity index (χ4v) is 5.38. The number of rotatable bonds is 6. The molecule has 9 heteroatoms. The number of carbonyl (C=O) groups excluding carboxylic acids is 2. The van der Waals surface area contributed by atoms with Crippen molar-refractivity contribution in [1.82, 2.24) is 9.88 Å². The molecule has 4 rings (SSSR count). The number of amides is 2. The molecule has 28 heavy (non-hydrogen) atoms. The summed E-state index contributed by atoms with van der Waals surface area (Å²) in [5.41, 5.74) is 1.38. The van der Waals surface area contributed by atoms with Crippen molar-refractivity contribution in [3.63, 3.8) is 0 Å². The molecule has 0 radical (unpaired) electrons. The molecule has 148 valence electrons. The average molecular weight is 420 g/mol. The number of anilines is 1. The SMILES string of the molecule is Cc1ccc(S(=O)(=O)Cc2csc(NC(=O)C3CC(=O)N(C4CC4)C3)n2)cc1. The second-order valence-corrected chi connectivity index (χ2v) is 10.2. The molecule has 0 spiro atoms. The van der Waals surface area contributed by atoms with Crippen molar-refractivity contribution in [1.29, 1.82) is 0 Å². The Bertz CT molecular complexity index is 1010. The Kier molecular flexibility index (Phi) is 4.96. The molecule has 1 atom stereocenters. The van der Waals surface area contributed by atoms with Crippen LogP contribution < -0.4 is 5.32 Å². The molecule has 1 aliphatic carbocycles. The molecule has 1 saturated carbocycles. The molecule has 2 fully saturated rings. The van der Waals surface area contributed by atoms with Gasteiger partial charge >= 0.3 is 0 Å². The van der Waals surface area contributed by atoms with Crippen LogP contribution in [0.1, 0.15) is 30.5 Å². The molecule has 7 nitrogen and oxygen atoms in total. The van der Waals surface area contributed by atoms with Crippen molar-refractivity contribution in [2.45, 2.75) is 42.9 Å². The highest BCUT2D eigenvalue weighted by Crippen LogP contribution is 2.33. The van der Waals surface area contributed by atoms with Crippen molar-refractivity contribution >= 4 is 38.1 Å². The summed E-state index contributed by atoms with van der Waals surface area (Å²) in [5, 5.41) is 4.73. The maximum Gasteiger partial charge on any atom is 0.231 e. The Balaban J connectivity index is 1.38. The molecular weight excluding hydrogens is 398 g/mol.